The number of halogens is 3. The van der Waals surface area contributed by atoms with Gasteiger partial charge in [-0.3, -0.25) is 10.1 Å². The van der Waals surface area contributed by atoms with Crippen LogP contribution < -0.4 is 10.6 Å². The SMILES string of the molecule is N[C@@H]1CCN(c2nncc3cc([N+](=O)[O-])ccc23)C1.O=C(O)C(F)(F)F. The molecule has 1 aliphatic rings. The first-order valence-electron chi connectivity index (χ1n) is 7.30. The molecule has 2 aromatic rings. The Labute approximate surface area is 144 Å². The van der Waals surface area contributed by atoms with Gasteiger partial charge in [0, 0.05) is 42.0 Å². The summed E-state index contributed by atoms with van der Waals surface area (Å²) >= 11 is 0. The highest BCUT2D eigenvalue weighted by molar-refractivity contribution is 5.92. The van der Waals surface area contributed by atoms with Gasteiger partial charge < -0.3 is 15.7 Å². The fraction of sp³-hybridized carbons (Fsp3) is 0.357. The number of aromatic nitrogens is 2. The van der Waals surface area contributed by atoms with Gasteiger partial charge in [0.15, 0.2) is 5.82 Å². The van der Waals surface area contributed by atoms with Gasteiger partial charge in [-0.2, -0.15) is 18.3 Å². The molecule has 0 unspecified atom stereocenters. The Morgan fingerprint density at radius 2 is 2.08 bits per heavy atom. The third-order valence-electron chi connectivity index (χ3n) is 3.60. The van der Waals surface area contributed by atoms with Crippen molar-refractivity contribution in [1.82, 2.24) is 10.2 Å². The molecular formula is C14H14F3N5O4. The van der Waals surface area contributed by atoms with Gasteiger partial charge in [-0.1, -0.05) is 0 Å². The molecule has 1 aliphatic heterocycles. The molecule has 2 heterocycles. The van der Waals surface area contributed by atoms with Crippen LogP contribution in [0.3, 0.4) is 0 Å². The van der Waals surface area contributed by atoms with E-state index in [1.807, 2.05) is 0 Å². The van der Waals surface area contributed by atoms with Crippen molar-refractivity contribution < 1.29 is 28.0 Å². The fourth-order valence-electron chi connectivity index (χ4n) is 2.39. The molecule has 3 rings (SSSR count). The number of nitro groups is 1. The molecule has 26 heavy (non-hydrogen) atoms. The summed E-state index contributed by atoms with van der Waals surface area (Å²) in [6.45, 7) is 1.58. The first kappa shape index (κ1) is 19.3. The van der Waals surface area contributed by atoms with Crippen LogP contribution in [0.5, 0.6) is 0 Å². The van der Waals surface area contributed by atoms with Crippen LogP contribution in [0.2, 0.25) is 0 Å². The topological polar surface area (TPSA) is 135 Å². The van der Waals surface area contributed by atoms with Crippen molar-refractivity contribution in [2.24, 2.45) is 5.73 Å². The largest absolute Gasteiger partial charge is 0.490 e. The maximum absolute atomic E-state index is 10.8. The highest BCUT2D eigenvalue weighted by Crippen LogP contribution is 2.28. The first-order valence-corrected chi connectivity index (χ1v) is 7.30. The number of hydrogen-bond acceptors (Lipinski definition) is 7. The lowest BCUT2D eigenvalue weighted by molar-refractivity contribution is -0.384. The van der Waals surface area contributed by atoms with Crippen molar-refractivity contribution in [3.8, 4) is 0 Å². The molecular weight excluding hydrogens is 359 g/mol. The molecule has 0 amide bonds. The normalized spacial score (nSPS) is 16.9. The molecule has 0 bridgehead atoms. The fourth-order valence-corrected chi connectivity index (χ4v) is 2.39. The van der Waals surface area contributed by atoms with E-state index in [0.717, 1.165) is 36.1 Å². The highest BCUT2D eigenvalue weighted by Gasteiger charge is 2.38. The first-order chi connectivity index (χ1) is 12.1. The summed E-state index contributed by atoms with van der Waals surface area (Å²) in [5.74, 6) is -2.01. The van der Waals surface area contributed by atoms with Crippen LogP contribution in [0.1, 0.15) is 6.42 Å². The van der Waals surface area contributed by atoms with Crippen molar-refractivity contribution in [2.45, 2.75) is 18.6 Å². The van der Waals surface area contributed by atoms with E-state index in [-0.39, 0.29) is 11.7 Å². The Bertz CT molecular complexity index is 830. The number of non-ortho nitro benzene ring substituents is 1. The average molecular weight is 373 g/mol. The molecule has 0 aliphatic carbocycles. The number of nitrogens with zero attached hydrogens (tertiary/aromatic N) is 4. The van der Waals surface area contributed by atoms with Crippen LogP contribution >= 0.6 is 0 Å². The molecule has 3 N–H and O–H groups in total. The molecule has 0 spiro atoms. The predicted molar refractivity (Wildman–Crippen MR) is 84.7 cm³/mol. The van der Waals surface area contributed by atoms with E-state index < -0.39 is 17.1 Å². The molecule has 1 fully saturated rings. The standard InChI is InChI=1S/C12H13N5O2.C2HF3O2/c13-9-3-4-16(7-9)12-11-2-1-10(17(18)19)5-8(11)6-14-15-12;3-2(4,5)1(6)7/h1-2,5-6,9H,3-4,7,13H2;(H,6,7)/t9-;/m1./s1. The summed E-state index contributed by atoms with van der Waals surface area (Å²) in [5, 5.41) is 27.6. The molecule has 12 heteroatoms. The van der Waals surface area contributed by atoms with Crippen LogP contribution in [0.4, 0.5) is 24.7 Å². The quantitative estimate of drug-likeness (QED) is 0.600. The van der Waals surface area contributed by atoms with E-state index in [4.69, 9.17) is 15.6 Å². The predicted octanol–water partition coefficient (Wildman–Crippen LogP) is 1.71. The minimum atomic E-state index is -5.08. The average Bonchev–Trinajstić information content (AvgIpc) is 2.99. The Hall–Kier alpha value is -3.02. The molecule has 1 atom stereocenters. The molecule has 140 valence electrons. The summed E-state index contributed by atoms with van der Waals surface area (Å²) in [6.07, 6.45) is -2.62. The Morgan fingerprint density at radius 3 is 2.58 bits per heavy atom. The van der Waals surface area contributed by atoms with Crippen molar-refractivity contribution in [1.29, 1.82) is 0 Å². The van der Waals surface area contributed by atoms with Gasteiger partial charge >= 0.3 is 12.1 Å². The summed E-state index contributed by atoms with van der Waals surface area (Å²) < 4.78 is 31.7. The zero-order chi connectivity index (χ0) is 19.5. The Balaban J connectivity index is 0.000000298. The van der Waals surface area contributed by atoms with Gasteiger partial charge in [-0.25, -0.2) is 4.79 Å². The number of carboxylic acid groups (broad SMARTS) is 1. The molecule has 1 aromatic heterocycles. The second-order valence-electron chi connectivity index (χ2n) is 5.49. The number of benzene rings is 1. The summed E-state index contributed by atoms with van der Waals surface area (Å²) in [4.78, 5) is 21.3. The third kappa shape index (κ3) is 4.53. The lowest BCUT2D eigenvalue weighted by Gasteiger charge is -2.17. The lowest BCUT2D eigenvalue weighted by Crippen LogP contribution is -2.27. The number of fused-ring (bicyclic) bond motifs is 1. The number of carboxylic acids is 1. The van der Waals surface area contributed by atoms with E-state index in [2.05, 4.69) is 15.1 Å². The summed E-state index contributed by atoms with van der Waals surface area (Å²) in [7, 11) is 0. The van der Waals surface area contributed by atoms with Crippen LogP contribution in [-0.4, -0.2) is 51.5 Å². The zero-order valence-corrected chi connectivity index (χ0v) is 13.2. The summed E-state index contributed by atoms with van der Waals surface area (Å²) in [5.41, 5.74) is 5.95. The number of hydrogen-bond donors (Lipinski definition) is 2. The van der Waals surface area contributed by atoms with E-state index >= 15 is 0 Å². The number of nitro benzene ring substituents is 1. The van der Waals surface area contributed by atoms with E-state index in [0.29, 0.717) is 0 Å². The van der Waals surface area contributed by atoms with Crippen molar-refractivity contribution in [3.05, 3.63) is 34.5 Å². The van der Waals surface area contributed by atoms with Crippen molar-refractivity contribution in [3.63, 3.8) is 0 Å². The number of nitrogens with two attached hydrogens (primary N) is 1. The minimum absolute atomic E-state index is 0.0598. The van der Waals surface area contributed by atoms with E-state index in [1.165, 1.54) is 12.1 Å². The molecule has 0 saturated carbocycles. The van der Waals surface area contributed by atoms with Crippen LogP contribution in [0.15, 0.2) is 24.4 Å². The molecule has 9 nitrogen and oxygen atoms in total. The third-order valence-corrected chi connectivity index (χ3v) is 3.60. The Morgan fingerprint density at radius 1 is 1.42 bits per heavy atom. The summed E-state index contributed by atoms with van der Waals surface area (Å²) in [6, 6.07) is 4.88. The maximum Gasteiger partial charge on any atom is 0.490 e. The van der Waals surface area contributed by atoms with Gasteiger partial charge in [-0.15, -0.1) is 5.10 Å². The number of carbonyl (C=O) groups is 1. The second kappa shape index (κ2) is 7.47. The van der Waals surface area contributed by atoms with Gasteiger partial charge in [0.25, 0.3) is 5.69 Å². The maximum atomic E-state index is 10.8. The minimum Gasteiger partial charge on any atom is -0.475 e. The van der Waals surface area contributed by atoms with E-state index in [9.17, 15) is 23.3 Å². The highest BCUT2D eigenvalue weighted by atomic mass is 19.4. The number of rotatable bonds is 2. The number of alkyl halides is 3. The van der Waals surface area contributed by atoms with Crippen LogP contribution in [0, 0.1) is 10.1 Å². The van der Waals surface area contributed by atoms with Crippen LogP contribution in [-0.2, 0) is 4.79 Å². The smallest absolute Gasteiger partial charge is 0.475 e. The lowest BCUT2D eigenvalue weighted by atomic mass is 10.1. The van der Waals surface area contributed by atoms with Crippen LogP contribution in [0.25, 0.3) is 10.8 Å². The number of aliphatic carboxylic acids is 1. The zero-order valence-electron chi connectivity index (χ0n) is 13.2. The van der Waals surface area contributed by atoms with E-state index in [1.54, 1.807) is 12.3 Å². The van der Waals surface area contributed by atoms with Crippen molar-refractivity contribution in [2.75, 3.05) is 18.0 Å². The Kier molecular flexibility index (Phi) is 5.55. The van der Waals surface area contributed by atoms with Gasteiger partial charge in [0.2, 0.25) is 0 Å². The second-order valence-corrected chi connectivity index (χ2v) is 5.49. The monoisotopic (exact) mass is 373 g/mol. The molecule has 0 radical (unpaired) electrons. The van der Waals surface area contributed by atoms with Gasteiger partial charge in [0.1, 0.15) is 0 Å². The van der Waals surface area contributed by atoms with Gasteiger partial charge in [-0.05, 0) is 12.5 Å². The molecule has 1 aromatic carbocycles. The number of anilines is 1. The van der Waals surface area contributed by atoms with Crippen molar-refractivity contribution >= 4 is 28.2 Å². The van der Waals surface area contributed by atoms with Gasteiger partial charge in [0.05, 0.1) is 11.1 Å². The molecule has 1 saturated heterocycles.